The lowest BCUT2D eigenvalue weighted by molar-refractivity contribution is 0.0527. The van der Waals surface area contributed by atoms with Crippen molar-refractivity contribution >= 4 is 28.9 Å². The van der Waals surface area contributed by atoms with E-state index >= 15 is 0 Å². The van der Waals surface area contributed by atoms with Crippen molar-refractivity contribution in [1.82, 2.24) is 4.98 Å². The van der Waals surface area contributed by atoms with E-state index in [0.717, 1.165) is 5.56 Å². The summed E-state index contributed by atoms with van der Waals surface area (Å²) >= 11 is 1.37. The van der Waals surface area contributed by atoms with Crippen LogP contribution in [0.5, 0.6) is 0 Å². The van der Waals surface area contributed by atoms with Crippen molar-refractivity contribution in [1.29, 1.82) is 0 Å². The van der Waals surface area contributed by atoms with Crippen molar-refractivity contribution in [3.8, 4) is 0 Å². The first-order chi connectivity index (χ1) is 9.54. The standard InChI is InChI=1S/C14H16N2O3S/c1-4-19-14(18)11-9(3)15-7-10(11)16-13(17)12-8(2)5-6-20-12/h5-7,15H,4H2,1-3H3,(H,16,17). The highest BCUT2D eigenvalue weighted by molar-refractivity contribution is 7.12. The molecule has 0 unspecified atom stereocenters. The number of aromatic nitrogens is 1. The Hall–Kier alpha value is -2.08. The van der Waals surface area contributed by atoms with Gasteiger partial charge in [-0.1, -0.05) is 0 Å². The zero-order valence-electron chi connectivity index (χ0n) is 11.6. The number of anilines is 1. The second-order valence-corrected chi connectivity index (χ2v) is 5.23. The Morgan fingerprint density at radius 2 is 2.15 bits per heavy atom. The van der Waals surface area contributed by atoms with E-state index in [0.29, 0.717) is 28.4 Å². The second kappa shape index (κ2) is 5.92. The summed E-state index contributed by atoms with van der Waals surface area (Å²) in [7, 11) is 0. The number of esters is 1. The number of hydrogen-bond donors (Lipinski definition) is 2. The highest BCUT2D eigenvalue weighted by atomic mass is 32.1. The molecule has 0 bridgehead atoms. The number of aryl methyl sites for hydroxylation is 2. The van der Waals surface area contributed by atoms with Crippen molar-refractivity contribution in [2.24, 2.45) is 0 Å². The third-order valence-corrected chi connectivity index (χ3v) is 3.89. The van der Waals surface area contributed by atoms with E-state index in [1.54, 1.807) is 20.0 Å². The van der Waals surface area contributed by atoms with Crippen molar-refractivity contribution in [3.63, 3.8) is 0 Å². The van der Waals surface area contributed by atoms with Gasteiger partial charge in [0.1, 0.15) is 5.56 Å². The summed E-state index contributed by atoms with van der Waals surface area (Å²) in [5, 5.41) is 4.61. The lowest BCUT2D eigenvalue weighted by atomic mass is 10.2. The second-order valence-electron chi connectivity index (χ2n) is 4.31. The van der Waals surface area contributed by atoms with E-state index in [4.69, 9.17) is 4.74 Å². The molecular weight excluding hydrogens is 276 g/mol. The predicted molar refractivity (Wildman–Crippen MR) is 78.5 cm³/mol. The summed E-state index contributed by atoms with van der Waals surface area (Å²) in [5.74, 6) is -0.661. The number of carbonyl (C=O) groups is 2. The highest BCUT2D eigenvalue weighted by Gasteiger charge is 2.20. The zero-order chi connectivity index (χ0) is 14.7. The van der Waals surface area contributed by atoms with Crippen LogP contribution in [0.2, 0.25) is 0 Å². The SMILES string of the molecule is CCOC(=O)c1c(NC(=O)c2sccc2C)c[nH]c1C. The van der Waals surface area contributed by atoms with Crippen LogP contribution >= 0.6 is 11.3 Å². The van der Waals surface area contributed by atoms with Gasteiger partial charge in [-0.3, -0.25) is 4.79 Å². The molecule has 0 aliphatic heterocycles. The molecule has 2 aromatic rings. The number of thiophene rings is 1. The molecule has 0 saturated heterocycles. The summed E-state index contributed by atoms with van der Waals surface area (Å²) in [4.78, 5) is 27.6. The van der Waals surface area contributed by atoms with Crippen LogP contribution < -0.4 is 5.32 Å². The Balaban J connectivity index is 2.24. The molecule has 0 radical (unpaired) electrons. The minimum atomic E-state index is -0.440. The molecule has 0 aromatic carbocycles. The van der Waals surface area contributed by atoms with Crippen molar-refractivity contribution in [2.45, 2.75) is 20.8 Å². The van der Waals surface area contributed by atoms with Gasteiger partial charge in [0, 0.05) is 11.9 Å². The summed E-state index contributed by atoms with van der Waals surface area (Å²) in [6, 6.07) is 1.88. The minimum Gasteiger partial charge on any atom is -0.462 e. The number of rotatable bonds is 4. The predicted octanol–water partition coefficient (Wildman–Crippen LogP) is 3.12. The van der Waals surface area contributed by atoms with Gasteiger partial charge in [0.2, 0.25) is 0 Å². The maximum atomic E-state index is 12.2. The van der Waals surface area contributed by atoms with Crippen LogP contribution in [0, 0.1) is 13.8 Å². The van der Waals surface area contributed by atoms with Crippen molar-refractivity contribution in [2.75, 3.05) is 11.9 Å². The molecule has 2 rings (SSSR count). The van der Waals surface area contributed by atoms with Gasteiger partial charge in [0.05, 0.1) is 17.2 Å². The first-order valence-electron chi connectivity index (χ1n) is 6.25. The Kier molecular flexibility index (Phi) is 4.24. The molecule has 0 atom stereocenters. The lowest BCUT2D eigenvalue weighted by Crippen LogP contribution is -2.15. The van der Waals surface area contributed by atoms with Gasteiger partial charge in [-0.15, -0.1) is 11.3 Å². The highest BCUT2D eigenvalue weighted by Crippen LogP contribution is 2.23. The summed E-state index contributed by atoms with van der Waals surface area (Å²) in [5.41, 5.74) is 2.40. The molecule has 2 aromatic heterocycles. The van der Waals surface area contributed by atoms with Gasteiger partial charge in [-0.25, -0.2) is 4.79 Å². The number of ether oxygens (including phenoxy) is 1. The lowest BCUT2D eigenvalue weighted by Gasteiger charge is -2.06. The van der Waals surface area contributed by atoms with E-state index < -0.39 is 5.97 Å². The van der Waals surface area contributed by atoms with Crippen LogP contribution in [0.1, 0.15) is 38.2 Å². The fourth-order valence-corrected chi connectivity index (χ4v) is 2.70. The van der Waals surface area contributed by atoms with Gasteiger partial charge in [0.25, 0.3) is 5.91 Å². The van der Waals surface area contributed by atoms with Gasteiger partial charge < -0.3 is 15.0 Å². The van der Waals surface area contributed by atoms with Crippen molar-refractivity contribution in [3.05, 3.63) is 39.3 Å². The first-order valence-corrected chi connectivity index (χ1v) is 7.13. The third kappa shape index (κ3) is 2.75. The molecule has 5 nitrogen and oxygen atoms in total. The Morgan fingerprint density at radius 3 is 2.75 bits per heavy atom. The number of nitrogens with one attached hydrogen (secondary N) is 2. The Morgan fingerprint density at radius 1 is 1.40 bits per heavy atom. The number of amides is 1. The summed E-state index contributed by atoms with van der Waals surface area (Å²) in [6.45, 7) is 5.67. The summed E-state index contributed by atoms with van der Waals surface area (Å²) < 4.78 is 5.00. The summed E-state index contributed by atoms with van der Waals surface area (Å²) in [6.07, 6.45) is 1.60. The van der Waals surface area contributed by atoms with Crippen molar-refractivity contribution < 1.29 is 14.3 Å². The molecule has 0 saturated carbocycles. The number of hydrogen-bond acceptors (Lipinski definition) is 4. The molecule has 1 amide bonds. The fraction of sp³-hybridized carbons (Fsp3) is 0.286. The number of aromatic amines is 1. The fourth-order valence-electron chi connectivity index (χ4n) is 1.88. The van der Waals surface area contributed by atoms with Crippen LogP contribution in [0.15, 0.2) is 17.6 Å². The molecule has 6 heteroatoms. The van der Waals surface area contributed by atoms with E-state index in [1.165, 1.54) is 11.3 Å². The average molecular weight is 292 g/mol. The Bertz CT molecular complexity index is 643. The molecule has 2 N–H and O–H groups in total. The van der Waals surface area contributed by atoms with Crippen LogP contribution in [-0.2, 0) is 4.74 Å². The number of H-pyrrole nitrogens is 1. The van der Waals surface area contributed by atoms with E-state index in [-0.39, 0.29) is 5.91 Å². The van der Waals surface area contributed by atoms with Crippen LogP contribution in [0.4, 0.5) is 5.69 Å². The smallest absolute Gasteiger partial charge is 0.342 e. The molecule has 2 heterocycles. The number of carbonyl (C=O) groups excluding carboxylic acids is 2. The maximum Gasteiger partial charge on any atom is 0.342 e. The average Bonchev–Trinajstić information content (AvgIpc) is 2.96. The molecule has 20 heavy (non-hydrogen) atoms. The largest absolute Gasteiger partial charge is 0.462 e. The molecule has 0 fully saturated rings. The van der Waals surface area contributed by atoms with Gasteiger partial charge in [-0.05, 0) is 37.8 Å². The van der Waals surface area contributed by atoms with Gasteiger partial charge in [0.15, 0.2) is 0 Å². The molecule has 0 aliphatic rings. The molecule has 106 valence electrons. The Labute approximate surface area is 121 Å². The van der Waals surface area contributed by atoms with E-state index in [9.17, 15) is 9.59 Å². The topological polar surface area (TPSA) is 71.2 Å². The third-order valence-electron chi connectivity index (χ3n) is 2.87. The maximum absolute atomic E-state index is 12.2. The van der Waals surface area contributed by atoms with Gasteiger partial charge in [-0.2, -0.15) is 0 Å². The van der Waals surface area contributed by atoms with Crippen LogP contribution in [0.25, 0.3) is 0 Å². The van der Waals surface area contributed by atoms with Crippen LogP contribution in [-0.4, -0.2) is 23.5 Å². The first kappa shape index (κ1) is 14.3. The minimum absolute atomic E-state index is 0.220. The van der Waals surface area contributed by atoms with E-state index in [2.05, 4.69) is 10.3 Å². The zero-order valence-corrected chi connectivity index (χ0v) is 12.4. The quantitative estimate of drug-likeness (QED) is 0.850. The molecular formula is C14H16N2O3S. The van der Waals surface area contributed by atoms with Gasteiger partial charge >= 0.3 is 5.97 Å². The normalized spacial score (nSPS) is 10.3. The monoisotopic (exact) mass is 292 g/mol. The van der Waals surface area contributed by atoms with E-state index in [1.807, 2.05) is 18.4 Å². The molecule has 0 spiro atoms. The molecule has 0 aliphatic carbocycles. The van der Waals surface area contributed by atoms with Crippen LogP contribution in [0.3, 0.4) is 0 Å².